The molecule has 2 heterocycles. The lowest BCUT2D eigenvalue weighted by molar-refractivity contribution is -0.137. The van der Waals surface area contributed by atoms with Crippen LogP contribution in [0, 0.1) is 0 Å². The van der Waals surface area contributed by atoms with E-state index >= 15 is 0 Å². The predicted octanol–water partition coefficient (Wildman–Crippen LogP) is 4.76. The number of ether oxygens (including phenoxy) is 1. The van der Waals surface area contributed by atoms with Crippen LogP contribution < -0.4 is 4.90 Å². The molecule has 1 fully saturated rings. The van der Waals surface area contributed by atoms with Crippen LogP contribution in [0.15, 0.2) is 4.60 Å². The Morgan fingerprint density at radius 2 is 2.00 bits per heavy atom. The fourth-order valence-corrected chi connectivity index (χ4v) is 4.21. The third kappa shape index (κ3) is 4.99. The van der Waals surface area contributed by atoms with Gasteiger partial charge in [-0.1, -0.05) is 18.3 Å². The number of thiazole rings is 1. The second-order valence-corrected chi connectivity index (χ2v) is 8.52. The number of hydrogen-bond donors (Lipinski definition) is 0. The van der Waals surface area contributed by atoms with Crippen LogP contribution in [0.4, 0.5) is 23.0 Å². The normalized spacial score (nSPS) is 19.3. The Bertz CT molecular complexity index is 631. The zero-order chi connectivity index (χ0) is 19.0. The van der Waals surface area contributed by atoms with Gasteiger partial charge in [-0.15, -0.1) is 0 Å². The van der Waals surface area contributed by atoms with Crippen LogP contribution in [0.5, 0.6) is 0 Å². The van der Waals surface area contributed by atoms with Gasteiger partial charge in [-0.3, -0.25) is 0 Å². The Morgan fingerprint density at radius 3 is 2.48 bits per heavy atom. The smallest absolute Gasteiger partial charge is 0.443 e. The van der Waals surface area contributed by atoms with Crippen LogP contribution in [0.1, 0.15) is 39.1 Å². The first-order valence-electron chi connectivity index (χ1n) is 7.90. The zero-order valence-corrected chi connectivity index (χ0v) is 16.9. The summed E-state index contributed by atoms with van der Waals surface area (Å²) in [6, 6.07) is -0.132. The number of rotatable bonds is 2. The van der Waals surface area contributed by atoms with Crippen molar-refractivity contribution in [2.45, 2.75) is 51.9 Å². The van der Waals surface area contributed by atoms with E-state index in [2.05, 4.69) is 20.9 Å². The molecule has 1 aliphatic rings. The lowest BCUT2D eigenvalue weighted by Gasteiger charge is -2.41. The molecule has 10 heteroatoms. The minimum absolute atomic E-state index is 0.132. The topological polar surface area (TPSA) is 45.7 Å². The first-order chi connectivity index (χ1) is 11.4. The molecular formula is C15H21BrF3N3O2S. The number of hydrogen-bond acceptors (Lipinski definition) is 5. The predicted molar refractivity (Wildman–Crippen MR) is 94.0 cm³/mol. The Hall–Kier alpha value is -1.03. The highest BCUT2D eigenvalue weighted by atomic mass is 79.9. The Kier molecular flexibility index (Phi) is 5.92. The van der Waals surface area contributed by atoms with Crippen LogP contribution in [-0.4, -0.2) is 47.3 Å². The van der Waals surface area contributed by atoms with E-state index in [0.29, 0.717) is 42.4 Å². The molecular weight excluding hydrogens is 423 g/mol. The van der Waals surface area contributed by atoms with Crippen molar-refractivity contribution in [3.8, 4) is 0 Å². The number of amides is 1. The summed E-state index contributed by atoms with van der Waals surface area (Å²) in [5.41, 5.74) is -0.588. The van der Waals surface area contributed by atoms with Gasteiger partial charge in [0.15, 0.2) is 0 Å². The van der Waals surface area contributed by atoms with E-state index in [4.69, 9.17) is 4.74 Å². The van der Waals surface area contributed by atoms with Crippen molar-refractivity contribution in [3.05, 3.63) is 9.61 Å². The minimum atomic E-state index is -4.46. The average molecular weight is 444 g/mol. The quantitative estimate of drug-likeness (QED) is 0.660. The molecule has 25 heavy (non-hydrogen) atoms. The Labute approximate surface area is 157 Å². The number of aromatic nitrogens is 1. The number of carbonyl (C=O) groups excluding carboxylic acids is 1. The van der Waals surface area contributed by atoms with E-state index in [-0.39, 0.29) is 10.6 Å². The van der Waals surface area contributed by atoms with Crippen molar-refractivity contribution < 1.29 is 22.7 Å². The molecule has 0 aliphatic carbocycles. The minimum Gasteiger partial charge on any atom is -0.444 e. The maximum Gasteiger partial charge on any atom is 0.443 e. The van der Waals surface area contributed by atoms with Gasteiger partial charge < -0.3 is 14.5 Å². The van der Waals surface area contributed by atoms with Gasteiger partial charge in [0.2, 0.25) is 5.01 Å². The third-order valence-electron chi connectivity index (χ3n) is 3.68. The summed E-state index contributed by atoms with van der Waals surface area (Å²) >= 11 is 3.74. The first-order valence-corrected chi connectivity index (χ1v) is 9.51. The summed E-state index contributed by atoms with van der Waals surface area (Å²) in [6.07, 6.45) is -4.18. The highest BCUT2D eigenvalue weighted by Crippen LogP contribution is 2.41. The molecule has 1 amide bonds. The summed E-state index contributed by atoms with van der Waals surface area (Å²) in [5.74, 6) is 0. The second kappa shape index (κ2) is 7.30. The fourth-order valence-electron chi connectivity index (χ4n) is 2.56. The van der Waals surface area contributed by atoms with Gasteiger partial charge in [0.1, 0.15) is 15.2 Å². The summed E-state index contributed by atoms with van der Waals surface area (Å²) in [4.78, 5) is 19.4. The molecule has 1 aromatic heterocycles. The molecule has 0 aromatic carbocycles. The highest BCUT2D eigenvalue weighted by Gasteiger charge is 2.38. The lowest BCUT2D eigenvalue weighted by atomic mass is 10.1. The Morgan fingerprint density at radius 1 is 1.36 bits per heavy atom. The van der Waals surface area contributed by atoms with Gasteiger partial charge in [-0.2, -0.15) is 13.2 Å². The van der Waals surface area contributed by atoms with Gasteiger partial charge in [-0.25, -0.2) is 9.78 Å². The van der Waals surface area contributed by atoms with Crippen LogP contribution in [0.25, 0.3) is 0 Å². The van der Waals surface area contributed by atoms with Crippen LogP contribution in [-0.2, 0) is 10.9 Å². The molecule has 0 saturated carbocycles. The Balaban J connectivity index is 2.14. The van der Waals surface area contributed by atoms with Crippen molar-refractivity contribution >= 4 is 38.4 Å². The average Bonchev–Trinajstić information content (AvgIpc) is 2.87. The summed E-state index contributed by atoms with van der Waals surface area (Å²) < 4.78 is 44.2. The molecule has 1 aliphatic heterocycles. The molecule has 0 N–H and O–H groups in total. The standard InChI is InChI=1S/C15H21BrF3N3O2S/c1-5-9-8-21(6-7-22(9)13(23)24-14(2,3)4)11-10(16)20-12(25-11)15(17,18)19/h9H,5-8H2,1-4H3. The molecule has 2 rings (SSSR count). The molecule has 5 nitrogen and oxygen atoms in total. The molecule has 142 valence electrons. The van der Waals surface area contributed by atoms with Crippen molar-refractivity contribution in [1.82, 2.24) is 9.88 Å². The van der Waals surface area contributed by atoms with E-state index in [1.165, 1.54) is 0 Å². The third-order valence-corrected chi connectivity index (χ3v) is 5.66. The SMILES string of the molecule is CCC1CN(c2sc(C(F)(F)F)nc2Br)CCN1C(=O)OC(C)(C)C. The zero-order valence-electron chi connectivity index (χ0n) is 14.5. The molecule has 1 saturated heterocycles. The maximum absolute atomic E-state index is 12.9. The number of nitrogens with zero attached hydrogens (tertiary/aromatic N) is 3. The van der Waals surface area contributed by atoms with Gasteiger partial charge >= 0.3 is 12.3 Å². The van der Waals surface area contributed by atoms with Crippen molar-refractivity contribution in [2.24, 2.45) is 0 Å². The summed E-state index contributed by atoms with van der Waals surface area (Å²) in [6.45, 7) is 8.59. The maximum atomic E-state index is 12.9. The van der Waals surface area contributed by atoms with E-state index in [9.17, 15) is 18.0 Å². The van der Waals surface area contributed by atoms with Crippen molar-refractivity contribution in [2.75, 3.05) is 24.5 Å². The summed E-state index contributed by atoms with van der Waals surface area (Å²) in [7, 11) is 0. The summed E-state index contributed by atoms with van der Waals surface area (Å²) in [5, 5.41) is -0.438. The van der Waals surface area contributed by atoms with Crippen LogP contribution in [0.3, 0.4) is 0 Å². The van der Waals surface area contributed by atoms with Gasteiger partial charge in [-0.05, 0) is 43.1 Å². The van der Waals surface area contributed by atoms with Crippen molar-refractivity contribution in [1.29, 1.82) is 0 Å². The van der Waals surface area contributed by atoms with Gasteiger partial charge in [0, 0.05) is 19.6 Å². The van der Waals surface area contributed by atoms with E-state index < -0.39 is 22.9 Å². The largest absolute Gasteiger partial charge is 0.444 e. The number of halogens is 4. The molecule has 0 radical (unpaired) electrons. The molecule has 1 aromatic rings. The van der Waals surface area contributed by atoms with Crippen molar-refractivity contribution in [3.63, 3.8) is 0 Å². The van der Waals surface area contributed by atoms with Crippen LogP contribution >= 0.6 is 27.3 Å². The molecule has 0 spiro atoms. The second-order valence-electron chi connectivity index (χ2n) is 6.79. The fraction of sp³-hybridized carbons (Fsp3) is 0.733. The van der Waals surface area contributed by atoms with Gasteiger partial charge in [0.05, 0.1) is 6.04 Å². The molecule has 0 bridgehead atoms. The molecule has 1 unspecified atom stereocenters. The highest BCUT2D eigenvalue weighted by molar-refractivity contribution is 9.10. The number of alkyl halides is 3. The monoisotopic (exact) mass is 443 g/mol. The number of anilines is 1. The van der Waals surface area contributed by atoms with E-state index in [1.807, 2.05) is 11.8 Å². The van der Waals surface area contributed by atoms with Crippen LogP contribution in [0.2, 0.25) is 0 Å². The molecule has 1 atom stereocenters. The number of piperazine rings is 1. The number of carbonyl (C=O) groups is 1. The first kappa shape index (κ1) is 20.3. The van der Waals surface area contributed by atoms with E-state index in [1.54, 1.807) is 25.7 Å². The lowest BCUT2D eigenvalue weighted by Crippen LogP contribution is -2.56. The van der Waals surface area contributed by atoms with E-state index in [0.717, 1.165) is 0 Å². The van der Waals surface area contributed by atoms with Gasteiger partial charge in [0.25, 0.3) is 0 Å².